The zero-order valence-electron chi connectivity index (χ0n) is 10.9. The van der Waals surface area contributed by atoms with Crippen LogP contribution in [0.2, 0.25) is 0 Å². The van der Waals surface area contributed by atoms with Gasteiger partial charge in [0.1, 0.15) is 5.82 Å². The molecule has 0 unspecified atom stereocenters. The van der Waals surface area contributed by atoms with E-state index in [0.717, 1.165) is 34.2 Å². The fourth-order valence-corrected chi connectivity index (χ4v) is 2.80. The Bertz CT molecular complexity index is 651. The molecule has 3 rings (SSSR count). The van der Waals surface area contributed by atoms with Crippen LogP contribution in [0, 0.1) is 0 Å². The van der Waals surface area contributed by atoms with Gasteiger partial charge in [0.15, 0.2) is 0 Å². The number of nitrogens with zero attached hydrogens (tertiary/aromatic N) is 2. The zero-order chi connectivity index (χ0) is 14.1. The molecule has 1 amide bonds. The minimum atomic E-state index is 0.104. The summed E-state index contributed by atoms with van der Waals surface area (Å²) in [7, 11) is 0. The molecule has 1 aromatic carbocycles. The monoisotopic (exact) mass is 355 g/mol. The molecular weight excluding hydrogens is 342 g/mol. The van der Waals surface area contributed by atoms with E-state index in [-0.39, 0.29) is 5.91 Å². The van der Waals surface area contributed by atoms with Gasteiger partial charge in [0, 0.05) is 23.5 Å². The summed E-state index contributed by atoms with van der Waals surface area (Å²) in [5, 5.41) is 3.00. The van der Waals surface area contributed by atoms with Gasteiger partial charge in [-0.2, -0.15) is 0 Å². The van der Waals surface area contributed by atoms with Gasteiger partial charge >= 0.3 is 0 Å². The SMILES string of the molecule is O=C(CCn1c(CCl)nc2cc(Br)ccc21)NC1CC1. The van der Waals surface area contributed by atoms with Crippen molar-refractivity contribution < 1.29 is 4.79 Å². The van der Waals surface area contributed by atoms with Crippen molar-refractivity contribution in [1.29, 1.82) is 0 Å². The molecule has 0 aliphatic heterocycles. The Balaban J connectivity index is 1.79. The third kappa shape index (κ3) is 2.99. The molecule has 2 aromatic rings. The van der Waals surface area contributed by atoms with E-state index in [2.05, 4.69) is 26.2 Å². The van der Waals surface area contributed by atoms with E-state index >= 15 is 0 Å². The van der Waals surface area contributed by atoms with Crippen LogP contribution in [0.25, 0.3) is 11.0 Å². The number of amides is 1. The summed E-state index contributed by atoms with van der Waals surface area (Å²) < 4.78 is 3.02. The molecule has 0 bridgehead atoms. The number of hydrogen-bond donors (Lipinski definition) is 1. The normalized spacial score (nSPS) is 14.7. The van der Waals surface area contributed by atoms with Crippen LogP contribution in [0.3, 0.4) is 0 Å². The first-order valence-corrected chi connectivity index (χ1v) is 8.00. The van der Waals surface area contributed by atoms with Gasteiger partial charge in [0.25, 0.3) is 0 Å². The maximum absolute atomic E-state index is 11.8. The lowest BCUT2D eigenvalue weighted by Gasteiger charge is -2.08. The molecule has 1 fully saturated rings. The number of aromatic nitrogens is 2. The molecule has 0 atom stereocenters. The Morgan fingerprint density at radius 3 is 3.00 bits per heavy atom. The van der Waals surface area contributed by atoms with Crippen molar-refractivity contribution in [2.45, 2.75) is 37.7 Å². The van der Waals surface area contributed by atoms with Crippen molar-refractivity contribution in [3.05, 3.63) is 28.5 Å². The van der Waals surface area contributed by atoms with Crippen molar-refractivity contribution in [2.24, 2.45) is 0 Å². The molecule has 0 radical (unpaired) electrons. The molecular formula is C14H15BrClN3O. The third-order valence-corrected chi connectivity index (χ3v) is 4.15. The first kappa shape index (κ1) is 13.9. The van der Waals surface area contributed by atoms with Crippen LogP contribution in [0.15, 0.2) is 22.7 Å². The summed E-state index contributed by atoms with van der Waals surface area (Å²) in [4.78, 5) is 16.3. The number of nitrogens with one attached hydrogen (secondary N) is 1. The fraction of sp³-hybridized carbons (Fsp3) is 0.429. The number of carbonyl (C=O) groups excluding carboxylic acids is 1. The van der Waals surface area contributed by atoms with Gasteiger partial charge in [-0.05, 0) is 31.0 Å². The molecule has 1 heterocycles. The molecule has 0 spiro atoms. The molecule has 1 saturated carbocycles. The minimum Gasteiger partial charge on any atom is -0.353 e. The zero-order valence-corrected chi connectivity index (χ0v) is 13.2. The lowest BCUT2D eigenvalue weighted by molar-refractivity contribution is -0.121. The Morgan fingerprint density at radius 2 is 2.30 bits per heavy atom. The van der Waals surface area contributed by atoms with E-state index in [0.29, 0.717) is 24.9 Å². The summed E-state index contributed by atoms with van der Waals surface area (Å²) in [6, 6.07) is 6.35. The van der Waals surface area contributed by atoms with Gasteiger partial charge in [-0.1, -0.05) is 15.9 Å². The van der Waals surface area contributed by atoms with Gasteiger partial charge in [-0.3, -0.25) is 4.79 Å². The Labute approximate surface area is 130 Å². The number of benzene rings is 1. The quantitative estimate of drug-likeness (QED) is 0.836. The number of fused-ring (bicyclic) bond motifs is 1. The molecule has 106 valence electrons. The molecule has 6 heteroatoms. The smallest absolute Gasteiger partial charge is 0.222 e. The van der Waals surface area contributed by atoms with E-state index in [4.69, 9.17) is 11.6 Å². The van der Waals surface area contributed by atoms with E-state index in [1.54, 1.807) is 0 Å². The molecule has 1 aromatic heterocycles. The first-order valence-electron chi connectivity index (χ1n) is 6.67. The highest BCUT2D eigenvalue weighted by atomic mass is 79.9. The van der Waals surface area contributed by atoms with Crippen LogP contribution in [0.5, 0.6) is 0 Å². The van der Waals surface area contributed by atoms with E-state index in [9.17, 15) is 4.79 Å². The minimum absolute atomic E-state index is 0.104. The van der Waals surface area contributed by atoms with Crippen molar-refractivity contribution in [2.75, 3.05) is 0 Å². The lowest BCUT2D eigenvalue weighted by Crippen LogP contribution is -2.26. The van der Waals surface area contributed by atoms with E-state index < -0.39 is 0 Å². The molecule has 0 saturated heterocycles. The highest BCUT2D eigenvalue weighted by molar-refractivity contribution is 9.10. The molecule has 20 heavy (non-hydrogen) atoms. The van der Waals surface area contributed by atoms with Crippen molar-refractivity contribution in [3.63, 3.8) is 0 Å². The van der Waals surface area contributed by atoms with Gasteiger partial charge in [-0.25, -0.2) is 4.98 Å². The van der Waals surface area contributed by atoms with Crippen molar-refractivity contribution in [1.82, 2.24) is 14.9 Å². The number of halogens is 2. The van der Waals surface area contributed by atoms with Gasteiger partial charge in [0.05, 0.1) is 16.9 Å². The van der Waals surface area contributed by atoms with E-state index in [1.165, 1.54) is 0 Å². The first-order chi connectivity index (χ1) is 9.67. The second-order valence-corrected chi connectivity index (χ2v) is 6.22. The largest absolute Gasteiger partial charge is 0.353 e. The predicted molar refractivity (Wildman–Crippen MR) is 82.8 cm³/mol. The standard InChI is InChI=1S/C14H15BrClN3O/c15-9-1-4-12-11(7-9)18-13(8-16)19(12)6-5-14(20)17-10-2-3-10/h1,4,7,10H,2-3,5-6,8H2,(H,17,20). The summed E-state index contributed by atoms with van der Waals surface area (Å²) in [5.74, 6) is 1.25. The third-order valence-electron chi connectivity index (χ3n) is 3.41. The van der Waals surface area contributed by atoms with Gasteiger partial charge in [0.2, 0.25) is 5.91 Å². The van der Waals surface area contributed by atoms with E-state index in [1.807, 2.05) is 22.8 Å². The van der Waals surface area contributed by atoms with Crippen LogP contribution in [-0.2, 0) is 17.2 Å². The number of carbonyl (C=O) groups is 1. The average Bonchev–Trinajstić information content (AvgIpc) is 3.16. The highest BCUT2D eigenvalue weighted by Gasteiger charge is 2.23. The van der Waals surface area contributed by atoms with Crippen LogP contribution in [-0.4, -0.2) is 21.5 Å². The highest BCUT2D eigenvalue weighted by Crippen LogP contribution is 2.22. The van der Waals surface area contributed by atoms with Crippen LogP contribution >= 0.6 is 27.5 Å². The second-order valence-electron chi connectivity index (χ2n) is 5.04. The summed E-state index contributed by atoms with van der Waals surface area (Å²) in [6.45, 7) is 0.610. The van der Waals surface area contributed by atoms with Crippen LogP contribution in [0.4, 0.5) is 0 Å². The topological polar surface area (TPSA) is 46.9 Å². The number of rotatable bonds is 5. The number of aryl methyl sites for hydroxylation is 1. The molecule has 1 N–H and O–H groups in total. The predicted octanol–water partition coefficient (Wildman–Crippen LogP) is 3.21. The molecule has 4 nitrogen and oxygen atoms in total. The summed E-state index contributed by atoms with van der Waals surface area (Å²) in [5.41, 5.74) is 1.92. The Morgan fingerprint density at radius 1 is 1.50 bits per heavy atom. The van der Waals surface area contributed by atoms with Crippen LogP contribution in [0.1, 0.15) is 25.1 Å². The average molecular weight is 357 g/mol. The molecule has 1 aliphatic carbocycles. The van der Waals surface area contributed by atoms with Gasteiger partial charge < -0.3 is 9.88 Å². The molecule has 1 aliphatic rings. The fourth-order valence-electron chi connectivity index (χ4n) is 2.25. The number of hydrogen-bond acceptors (Lipinski definition) is 2. The maximum atomic E-state index is 11.8. The Kier molecular flexibility index (Phi) is 3.98. The summed E-state index contributed by atoms with van der Waals surface area (Å²) >= 11 is 9.40. The van der Waals surface area contributed by atoms with Crippen molar-refractivity contribution in [3.8, 4) is 0 Å². The lowest BCUT2D eigenvalue weighted by atomic mass is 10.3. The van der Waals surface area contributed by atoms with Crippen LogP contribution < -0.4 is 5.32 Å². The second kappa shape index (κ2) is 5.74. The van der Waals surface area contributed by atoms with Gasteiger partial charge in [-0.15, -0.1) is 11.6 Å². The summed E-state index contributed by atoms with van der Waals surface area (Å²) in [6.07, 6.45) is 2.68. The van der Waals surface area contributed by atoms with Crippen molar-refractivity contribution >= 4 is 44.5 Å². The Hall–Kier alpha value is -1.07. The number of imidazole rings is 1. The maximum Gasteiger partial charge on any atom is 0.222 e. The number of alkyl halides is 1.